The minimum atomic E-state index is -0.598. The molecule has 0 heterocycles. The number of aryl methyl sites for hydroxylation is 2. The predicted molar refractivity (Wildman–Crippen MR) is 144 cm³/mol. The third-order valence-electron chi connectivity index (χ3n) is 5.05. The van der Waals surface area contributed by atoms with Gasteiger partial charge in [-0.3, -0.25) is 19.7 Å². The molecule has 11 heteroatoms. The number of nitro benzene ring substituents is 1. The first-order chi connectivity index (χ1) is 17.7. The van der Waals surface area contributed by atoms with Crippen LogP contribution in [0.4, 0.5) is 11.4 Å². The van der Waals surface area contributed by atoms with Gasteiger partial charge in [0, 0.05) is 23.4 Å². The maximum atomic E-state index is 12.5. The molecule has 37 heavy (non-hydrogen) atoms. The van der Waals surface area contributed by atoms with Gasteiger partial charge in [0.2, 0.25) is 0 Å². The molecule has 0 aliphatic heterocycles. The van der Waals surface area contributed by atoms with E-state index in [4.69, 9.17) is 9.47 Å². The van der Waals surface area contributed by atoms with E-state index in [1.165, 1.54) is 24.4 Å². The van der Waals surface area contributed by atoms with Crippen LogP contribution in [0.25, 0.3) is 0 Å². The molecule has 0 bridgehead atoms. The first-order valence-corrected chi connectivity index (χ1v) is 12.0. The summed E-state index contributed by atoms with van der Waals surface area (Å²) in [5.74, 6) is -0.199. The van der Waals surface area contributed by atoms with Gasteiger partial charge in [-0.15, -0.1) is 0 Å². The molecule has 2 N–H and O–H groups in total. The van der Waals surface area contributed by atoms with Gasteiger partial charge in [-0.2, -0.15) is 5.10 Å². The first-order valence-electron chi connectivity index (χ1n) is 11.2. The van der Waals surface area contributed by atoms with E-state index in [0.29, 0.717) is 28.1 Å². The van der Waals surface area contributed by atoms with Crippen LogP contribution in [-0.4, -0.2) is 36.2 Å². The van der Waals surface area contributed by atoms with E-state index in [2.05, 4.69) is 31.8 Å². The Kier molecular flexibility index (Phi) is 9.33. The summed E-state index contributed by atoms with van der Waals surface area (Å²) in [6, 6.07) is 14.5. The van der Waals surface area contributed by atoms with Crippen LogP contribution in [0.3, 0.4) is 0 Å². The Morgan fingerprint density at radius 3 is 2.62 bits per heavy atom. The molecule has 0 spiro atoms. The fourth-order valence-electron chi connectivity index (χ4n) is 3.25. The number of benzene rings is 3. The number of rotatable bonds is 10. The fraction of sp³-hybridized carbons (Fsp3) is 0.192. The summed E-state index contributed by atoms with van der Waals surface area (Å²) in [7, 11) is 0. The molecular formula is C26H25BrN4O6. The molecule has 3 aromatic carbocycles. The van der Waals surface area contributed by atoms with Crippen LogP contribution in [-0.2, 0) is 4.79 Å². The van der Waals surface area contributed by atoms with Crippen molar-refractivity contribution in [1.82, 2.24) is 5.43 Å². The van der Waals surface area contributed by atoms with E-state index in [-0.39, 0.29) is 23.8 Å². The Labute approximate surface area is 222 Å². The number of nitrogens with one attached hydrogen (secondary N) is 2. The van der Waals surface area contributed by atoms with Crippen molar-refractivity contribution < 1.29 is 24.0 Å². The highest BCUT2D eigenvalue weighted by molar-refractivity contribution is 9.10. The summed E-state index contributed by atoms with van der Waals surface area (Å²) in [6.07, 6.45) is 1.39. The maximum absolute atomic E-state index is 12.5. The van der Waals surface area contributed by atoms with E-state index >= 15 is 0 Å². The van der Waals surface area contributed by atoms with Gasteiger partial charge in [0.1, 0.15) is 0 Å². The summed E-state index contributed by atoms with van der Waals surface area (Å²) in [5.41, 5.74) is 5.51. The highest BCUT2D eigenvalue weighted by atomic mass is 79.9. The SMILES string of the molecule is CCOc1cc(/C=N/NC(=O)c2cccc([N+](=O)[O-])c2)cc(Br)c1OCC(=O)Nc1cc(C)ccc1C. The molecule has 0 unspecified atom stereocenters. The number of hydrazone groups is 1. The van der Waals surface area contributed by atoms with Gasteiger partial charge >= 0.3 is 0 Å². The number of carbonyl (C=O) groups excluding carboxylic acids is 2. The van der Waals surface area contributed by atoms with Crippen LogP contribution < -0.4 is 20.2 Å². The second-order valence-corrected chi connectivity index (χ2v) is 8.78. The average molecular weight is 569 g/mol. The zero-order chi connectivity index (χ0) is 26.9. The zero-order valence-electron chi connectivity index (χ0n) is 20.4. The predicted octanol–water partition coefficient (Wildman–Crippen LogP) is 5.15. The van der Waals surface area contributed by atoms with E-state index < -0.39 is 10.8 Å². The molecule has 0 saturated heterocycles. The number of nitro groups is 1. The first kappa shape index (κ1) is 27.3. The molecule has 3 rings (SSSR count). The zero-order valence-corrected chi connectivity index (χ0v) is 22.0. The van der Waals surface area contributed by atoms with E-state index in [1.807, 2.05) is 39.0 Å². The average Bonchev–Trinajstić information content (AvgIpc) is 2.86. The largest absolute Gasteiger partial charge is 0.490 e. The summed E-state index contributed by atoms with van der Waals surface area (Å²) in [5, 5.41) is 17.7. The van der Waals surface area contributed by atoms with E-state index in [0.717, 1.165) is 22.9 Å². The fourth-order valence-corrected chi connectivity index (χ4v) is 3.82. The standard InChI is InChI=1S/C26H25BrN4O6/c1-4-36-23-12-18(14-28-30-26(33)19-6-5-7-20(13-19)31(34)35)11-21(27)25(23)37-15-24(32)29-22-10-16(2)8-9-17(22)3/h5-14H,4,15H2,1-3H3,(H,29,32)(H,30,33)/b28-14+. The van der Waals surface area contributed by atoms with Gasteiger partial charge in [-0.05, 0) is 77.7 Å². The molecule has 0 radical (unpaired) electrons. The molecule has 3 aromatic rings. The summed E-state index contributed by atoms with van der Waals surface area (Å²) >= 11 is 3.44. The van der Waals surface area contributed by atoms with Gasteiger partial charge in [0.15, 0.2) is 18.1 Å². The Balaban J connectivity index is 1.68. The number of non-ortho nitro benzene ring substituents is 1. The Bertz CT molecular complexity index is 1360. The van der Waals surface area contributed by atoms with Gasteiger partial charge in [0.05, 0.1) is 22.2 Å². The lowest BCUT2D eigenvalue weighted by molar-refractivity contribution is -0.384. The van der Waals surface area contributed by atoms with Gasteiger partial charge < -0.3 is 14.8 Å². The number of anilines is 1. The van der Waals surface area contributed by atoms with Crippen molar-refractivity contribution in [3.63, 3.8) is 0 Å². The van der Waals surface area contributed by atoms with Crippen molar-refractivity contribution in [2.75, 3.05) is 18.5 Å². The van der Waals surface area contributed by atoms with Gasteiger partial charge in [-0.25, -0.2) is 5.43 Å². The lowest BCUT2D eigenvalue weighted by atomic mass is 10.1. The minimum Gasteiger partial charge on any atom is -0.490 e. The molecule has 0 saturated carbocycles. The lowest BCUT2D eigenvalue weighted by Gasteiger charge is -2.15. The monoisotopic (exact) mass is 568 g/mol. The number of halogens is 1. The normalized spacial score (nSPS) is 10.7. The van der Waals surface area contributed by atoms with Crippen molar-refractivity contribution in [2.24, 2.45) is 5.10 Å². The van der Waals surface area contributed by atoms with Crippen LogP contribution in [0.2, 0.25) is 0 Å². The third kappa shape index (κ3) is 7.61. The van der Waals surface area contributed by atoms with Crippen molar-refractivity contribution in [2.45, 2.75) is 20.8 Å². The number of nitrogens with zero attached hydrogens (tertiary/aromatic N) is 2. The molecule has 10 nitrogen and oxygen atoms in total. The number of carbonyl (C=O) groups is 2. The number of amides is 2. The smallest absolute Gasteiger partial charge is 0.271 e. The molecule has 0 aromatic heterocycles. The molecule has 0 atom stereocenters. The molecular weight excluding hydrogens is 544 g/mol. The number of hydrogen-bond donors (Lipinski definition) is 2. The summed E-state index contributed by atoms with van der Waals surface area (Å²) < 4.78 is 12.0. The summed E-state index contributed by atoms with van der Waals surface area (Å²) in [4.78, 5) is 35.1. The minimum absolute atomic E-state index is 0.102. The number of hydrogen-bond acceptors (Lipinski definition) is 7. The molecule has 192 valence electrons. The Morgan fingerprint density at radius 1 is 1.11 bits per heavy atom. The van der Waals surface area contributed by atoms with Crippen molar-refractivity contribution in [3.05, 3.63) is 91.4 Å². The number of ether oxygens (including phenoxy) is 2. The lowest BCUT2D eigenvalue weighted by Crippen LogP contribution is -2.21. The topological polar surface area (TPSA) is 132 Å². The Hall–Kier alpha value is -4.25. The van der Waals surface area contributed by atoms with Crippen LogP contribution in [0.5, 0.6) is 11.5 Å². The van der Waals surface area contributed by atoms with E-state index in [9.17, 15) is 19.7 Å². The van der Waals surface area contributed by atoms with Crippen molar-refractivity contribution in [3.8, 4) is 11.5 Å². The third-order valence-corrected chi connectivity index (χ3v) is 5.63. The second-order valence-electron chi connectivity index (χ2n) is 7.92. The summed E-state index contributed by atoms with van der Waals surface area (Å²) in [6.45, 7) is 5.78. The Morgan fingerprint density at radius 2 is 1.89 bits per heavy atom. The molecule has 0 aliphatic carbocycles. The van der Waals surface area contributed by atoms with E-state index in [1.54, 1.807) is 12.1 Å². The van der Waals surface area contributed by atoms with Crippen LogP contribution in [0.15, 0.2) is 64.2 Å². The van der Waals surface area contributed by atoms with Crippen molar-refractivity contribution in [1.29, 1.82) is 0 Å². The maximum Gasteiger partial charge on any atom is 0.271 e. The molecule has 2 amide bonds. The van der Waals surface area contributed by atoms with Crippen LogP contribution in [0, 0.1) is 24.0 Å². The van der Waals surface area contributed by atoms with Crippen molar-refractivity contribution >= 4 is 45.3 Å². The molecule has 0 aliphatic rings. The van der Waals surface area contributed by atoms with Gasteiger partial charge in [-0.1, -0.05) is 18.2 Å². The van der Waals surface area contributed by atoms with Crippen LogP contribution in [0.1, 0.15) is 34.0 Å². The van der Waals surface area contributed by atoms with Gasteiger partial charge in [0.25, 0.3) is 17.5 Å². The van der Waals surface area contributed by atoms with Crippen LogP contribution >= 0.6 is 15.9 Å². The highest BCUT2D eigenvalue weighted by Crippen LogP contribution is 2.36. The molecule has 0 fully saturated rings. The quantitative estimate of drug-likeness (QED) is 0.197. The highest BCUT2D eigenvalue weighted by Gasteiger charge is 2.15. The second kappa shape index (κ2) is 12.6.